The fraction of sp³-hybridized carbons (Fsp3) is 0.667. The highest BCUT2D eigenvalue weighted by Gasteiger charge is 2.30. The second kappa shape index (κ2) is 9.28. The molecule has 0 saturated heterocycles. The van der Waals surface area contributed by atoms with Gasteiger partial charge in [0.25, 0.3) is 0 Å². The zero-order chi connectivity index (χ0) is 21.1. The predicted molar refractivity (Wildman–Crippen MR) is 118 cm³/mol. The zero-order valence-corrected chi connectivity index (χ0v) is 19.0. The molecule has 2 N–H and O–H groups in total. The van der Waals surface area contributed by atoms with Crippen LogP contribution in [-0.2, 0) is 14.8 Å². The summed E-state index contributed by atoms with van der Waals surface area (Å²) in [7, 11) is -3.64. The van der Waals surface area contributed by atoms with Gasteiger partial charge in [-0.2, -0.15) is 8.75 Å². The van der Waals surface area contributed by atoms with Gasteiger partial charge in [-0.05, 0) is 62.5 Å². The third-order valence-corrected chi connectivity index (χ3v) is 8.75. The van der Waals surface area contributed by atoms with E-state index in [1.165, 1.54) is 19.3 Å². The number of rotatable bonds is 6. The van der Waals surface area contributed by atoms with Crippen LogP contribution in [0.25, 0.3) is 11.0 Å². The molecule has 2 fully saturated rings. The van der Waals surface area contributed by atoms with E-state index in [0.717, 1.165) is 43.8 Å². The number of carbonyl (C=O) groups is 1. The van der Waals surface area contributed by atoms with Gasteiger partial charge in [-0.3, -0.25) is 4.79 Å². The Hall–Kier alpha value is -1.58. The first-order chi connectivity index (χ1) is 14.4. The first-order valence-electron chi connectivity index (χ1n) is 11.0. The molecule has 0 aliphatic heterocycles. The highest BCUT2D eigenvalue weighted by atomic mass is 32.2. The average Bonchev–Trinajstić information content (AvgIpc) is 3.23. The van der Waals surface area contributed by atoms with E-state index in [1.807, 2.05) is 0 Å². The second-order valence-corrected chi connectivity index (χ2v) is 11.1. The van der Waals surface area contributed by atoms with Gasteiger partial charge in [-0.15, -0.1) is 0 Å². The number of hydrogen-bond donors (Lipinski definition) is 2. The van der Waals surface area contributed by atoms with Crippen LogP contribution in [0.4, 0.5) is 0 Å². The molecule has 7 nitrogen and oxygen atoms in total. The zero-order valence-electron chi connectivity index (χ0n) is 17.3. The van der Waals surface area contributed by atoms with Crippen molar-refractivity contribution < 1.29 is 13.2 Å². The number of amides is 1. The lowest BCUT2D eigenvalue weighted by atomic mass is 9.80. The van der Waals surface area contributed by atoms with Crippen LogP contribution >= 0.6 is 11.7 Å². The molecular formula is C21H30N4O3S2. The van der Waals surface area contributed by atoms with Gasteiger partial charge in [-0.1, -0.05) is 25.8 Å². The van der Waals surface area contributed by atoms with E-state index in [9.17, 15) is 13.2 Å². The molecular weight excluding hydrogens is 420 g/mol. The normalized spacial score (nSPS) is 27.8. The molecule has 2 saturated carbocycles. The Balaban J connectivity index is 1.27. The van der Waals surface area contributed by atoms with Crippen molar-refractivity contribution in [2.24, 2.45) is 17.8 Å². The van der Waals surface area contributed by atoms with Crippen molar-refractivity contribution in [3.8, 4) is 0 Å². The third kappa shape index (κ3) is 4.84. The lowest BCUT2D eigenvalue weighted by Crippen LogP contribution is -2.44. The molecule has 2 atom stereocenters. The van der Waals surface area contributed by atoms with Crippen LogP contribution in [0.3, 0.4) is 0 Å². The van der Waals surface area contributed by atoms with E-state index < -0.39 is 10.0 Å². The molecule has 1 aromatic carbocycles. The summed E-state index contributed by atoms with van der Waals surface area (Å²) in [4.78, 5) is 12.9. The fourth-order valence-electron chi connectivity index (χ4n) is 4.76. The third-order valence-electron chi connectivity index (χ3n) is 6.76. The number of benzene rings is 1. The van der Waals surface area contributed by atoms with Crippen LogP contribution in [0, 0.1) is 17.8 Å². The molecule has 2 aromatic rings. The molecule has 1 heterocycles. The summed E-state index contributed by atoms with van der Waals surface area (Å²) in [6.07, 6.45) is 8.13. The molecule has 30 heavy (non-hydrogen) atoms. The Labute approximate surface area is 182 Å². The fourth-order valence-corrected chi connectivity index (χ4v) is 6.64. The molecule has 4 rings (SSSR count). The summed E-state index contributed by atoms with van der Waals surface area (Å²) in [5.74, 6) is 1.06. The van der Waals surface area contributed by atoms with E-state index in [2.05, 4.69) is 25.7 Å². The van der Waals surface area contributed by atoms with Crippen LogP contribution in [0.5, 0.6) is 0 Å². The summed E-state index contributed by atoms with van der Waals surface area (Å²) >= 11 is 1.01. The summed E-state index contributed by atoms with van der Waals surface area (Å²) in [5, 5.41) is 3.28. The first kappa shape index (κ1) is 21.6. The van der Waals surface area contributed by atoms with Gasteiger partial charge in [0, 0.05) is 18.5 Å². The molecule has 1 aromatic heterocycles. The first-order valence-corrected chi connectivity index (χ1v) is 13.2. The van der Waals surface area contributed by atoms with Crippen LogP contribution < -0.4 is 10.0 Å². The summed E-state index contributed by atoms with van der Waals surface area (Å²) in [6, 6.07) is 5.34. The Morgan fingerprint density at radius 3 is 2.63 bits per heavy atom. The Morgan fingerprint density at radius 1 is 1.10 bits per heavy atom. The lowest BCUT2D eigenvalue weighted by molar-refractivity contribution is -0.127. The molecule has 0 spiro atoms. The van der Waals surface area contributed by atoms with E-state index in [1.54, 1.807) is 18.2 Å². The number of nitrogens with one attached hydrogen (secondary N) is 2. The lowest BCUT2D eigenvalue weighted by Gasteiger charge is -2.33. The van der Waals surface area contributed by atoms with Crippen LogP contribution in [-0.4, -0.2) is 35.7 Å². The van der Waals surface area contributed by atoms with Crippen LogP contribution in [0.15, 0.2) is 23.1 Å². The molecule has 9 heteroatoms. The van der Waals surface area contributed by atoms with E-state index in [-0.39, 0.29) is 22.6 Å². The molecule has 2 aliphatic rings. The largest absolute Gasteiger partial charge is 0.353 e. The van der Waals surface area contributed by atoms with E-state index in [0.29, 0.717) is 29.5 Å². The van der Waals surface area contributed by atoms with Gasteiger partial charge >= 0.3 is 0 Å². The van der Waals surface area contributed by atoms with Crippen molar-refractivity contribution in [1.82, 2.24) is 18.8 Å². The predicted octanol–water partition coefficient (Wildman–Crippen LogP) is 3.47. The summed E-state index contributed by atoms with van der Waals surface area (Å²) in [6.45, 7) is 2.62. The van der Waals surface area contributed by atoms with Gasteiger partial charge in [0.1, 0.15) is 15.9 Å². The topological polar surface area (TPSA) is 101 Å². The SMILES string of the molecule is C[C@H]1CCCC[C@H]1NC(=O)C1CCC(CNS(=O)(=O)c2cccc3nsnc23)CC1. The average molecular weight is 451 g/mol. The maximum Gasteiger partial charge on any atom is 0.242 e. The number of nitrogens with zero attached hydrogens (tertiary/aromatic N) is 2. The highest BCUT2D eigenvalue weighted by Crippen LogP contribution is 2.30. The number of fused-ring (bicyclic) bond motifs is 1. The van der Waals surface area contributed by atoms with Gasteiger partial charge in [0.05, 0.1) is 11.7 Å². The van der Waals surface area contributed by atoms with E-state index >= 15 is 0 Å². The summed E-state index contributed by atoms with van der Waals surface area (Å²) in [5.41, 5.74) is 1.02. The second-order valence-electron chi connectivity index (χ2n) is 8.83. The number of sulfonamides is 1. The number of aromatic nitrogens is 2. The number of hydrogen-bond acceptors (Lipinski definition) is 6. The highest BCUT2D eigenvalue weighted by molar-refractivity contribution is 7.89. The Morgan fingerprint density at radius 2 is 1.87 bits per heavy atom. The van der Waals surface area contributed by atoms with Gasteiger partial charge < -0.3 is 5.32 Å². The minimum absolute atomic E-state index is 0.0572. The van der Waals surface area contributed by atoms with Crippen molar-refractivity contribution >= 4 is 38.7 Å². The number of carbonyl (C=O) groups excluding carboxylic acids is 1. The maximum absolute atomic E-state index is 12.8. The minimum Gasteiger partial charge on any atom is -0.353 e. The molecule has 0 radical (unpaired) electrons. The van der Waals surface area contributed by atoms with Crippen LogP contribution in [0.2, 0.25) is 0 Å². The van der Waals surface area contributed by atoms with Crippen molar-refractivity contribution in [2.75, 3.05) is 6.54 Å². The summed E-state index contributed by atoms with van der Waals surface area (Å²) < 4.78 is 36.5. The van der Waals surface area contributed by atoms with Crippen LogP contribution in [0.1, 0.15) is 58.3 Å². The Kier molecular flexibility index (Phi) is 6.69. The van der Waals surface area contributed by atoms with Gasteiger partial charge in [0.2, 0.25) is 15.9 Å². The molecule has 1 amide bonds. The standard InChI is InChI=1S/C21H30N4O3S2/c1-14-5-2-3-6-17(14)23-21(26)16-11-9-15(10-12-16)13-22-30(27,28)19-8-4-7-18-20(19)25-29-24-18/h4,7-8,14-17,22H,2-3,5-6,9-13H2,1H3,(H,23,26)/t14-,15?,16?,17+/m0/s1. The van der Waals surface area contributed by atoms with Crippen molar-refractivity contribution in [3.05, 3.63) is 18.2 Å². The molecule has 164 valence electrons. The quantitative estimate of drug-likeness (QED) is 0.702. The monoisotopic (exact) mass is 450 g/mol. The van der Waals surface area contributed by atoms with Crippen molar-refractivity contribution in [2.45, 2.75) is 69.2 Å². The van der Waals surface area contributed by atoms with Crippen molar-refractivity contribution in [3.63, 3.8) is 0 Å². The maximum atomic E-state index is 12.8. The Bertz CT molecular complexity index is 983. The minimum atomic E-state index is -3.64. The van der Waals surface area contributed by atoms with Gasteiger partial charge in [-0.25, -0.2) is 13.1 Å². The van der Waals surface area contributed by atoms with E-state index in [4.69, 9.17) is 0 Å². The smallest absolute Gasteiger partial charge is 0.242 e. The van der Waals surface area contributed by atoms with Gasteiger partial charge in [0.15, 0.2) is 0 Å². The molecule has 0 unspecified atom stereocenters. The molecule has 2 aliphatic carbocycles. The van der Waals surface area contributed by atoms with Crippen molar-refractivity contribution in [1.29, 1.82) is 0 Å². The molecule has 0 bridgehead atoms.